The minimum absolute atomic E-state index is 0.0930. The van der Waals surface area contributed by atoms with Crippen LogP contribution in [0.15, 0.2) is 59.6 Å². The number of benzene rings is 2. The molecule has 2 amide bonds. The van der Waals surface area contributed by atoms with Gasteiger partial charge < -0.3 is 44.4 Å². The first kappa shape index (κ1) is 47.8. The number of nitrogens with zero attached hydrogens (tertiary/aromatic N) is 5. The maximum absolute atomic E-state index is 12.8. The predicted octanol–water partition coefficient (Wildman–Crippen LogP) is 5.13. The zero-order valence-electron chi connectivity index (χ0n) is 37.0. The first-order valence-electron chi connectivity index (χ1n) is 21.8. The number of rotatable bonds is 24. The van der Waals surface area contributed by atoms with Crippen molar-refractivity contribution in [2.45, 2.75) is 76.1 Å². The Hall–Kier alpha value is -4.63. The second-order valence-electron chi connectivity index (χ2n) is 16.9. The summed E-state index contributed by atoms with van der Waals surface area (Å²) in [4.78, 5) is 40.7. The van der Waals surface area contributed by atoms with Crippen molar-refractivity contribution in [2.75, 3.05) is 108 Å². The van der Waals surface area contributed by atoms with Gasteiger partial charge in [-0.15, -0.1) is 0 Å². The monoisotopic (exact) mass is 896 g/mol. The number of ether oxygens (including phenoxy) is 6. The first-order chi connectivity index (χ1) is 30.3. The maximum Gasteiger partial charge on any atom is 0.415 e. The number of nitrogen functional groups attached to an aromatic ring is 1. The molecule has 2 fully saturated rings. The molecule has 2 aromatic carbocycles. The number of carbonyl (C=O) groups excluding carboxylic acids is 2. The highest BCUT2D eigenvalue weighted by molar-refractivity contribution is 7.89. The molecule has 0 spiro atoms. The molecule has 0 bridgehead atoms. The fourth-order valence-electron chi connectivity index (χ4n) is 7.19. The van der Waals surface area contributed by atoms with Crippen molar-refractivity contribution < 1.29 is 46.4 Å². The zero-order valence-corrected chi connectivity index (χ0v) is 37.8. The second-order valence-corrected chi connectivity index (χ2v) is 18.7. The molecule has 0 radical (unpaired) electrons. The topological polar surface area (TPSA) is 209 Å². The summed E-state index contributed by atoms with van der Waals surface area (Å²) < 4.78 is 60.3. The standard InChI is InChI=1S/C44H64N8O10S/c1-32(34-7-9-35(10-8-34)39(29-33-5-6-33)50-16-18-51(19-17-50)42(53)62-44(2,3)4)48-41-46-30-36-31-61-43(54)52(40(36)49-41)20-22-58-24-26-60-28-27-59-25-23-57-21-15-47-63(55,56)38-13-11-37(45)12-14-38/h7-14,30,32-33,39,47H,5-6,15-29,31,45H2,1-4H3,(H,46,48,49)/t32-,39-/m0/s1. The molecule has 3 aromatic rings. The Balaban J connectivity index is 0.868. The van der Waals surface area contributed by atoms with Crippen molar-refractivity contribution in [3.63, 3.8) is 0 Å². The summed E-state index contributed by atoms with van der Waals surface area (Å²) in [5.74, 6) is 1.64. The number of hydrogen-bond acceptors (Lipinski definition) is 15. The average molecular weight is 897 g/mol. The summed E-state index contributed by atoms with van der Waals surface area (Å²) in [5, 5.41) is 3.41. The van der Waals surface area contributed by atoms with E-state index in [1.165, 1.54) is 47.6 Å². The highest BCUT2D eigenvalue weighted by Crippen LogP contribution is 2.40. The third-order valence-electron chi connectivity index (χ3n) is 10.8. The van der Waals surface area contributed by atoms with Gasteiger partial charge in [-0.05, 0) is 75.4 Å². The van der Waals surface area contributed by atoms with Crippen LogP contribution in [0.25, 0.3) is 0 Å². The molecule has 346 valence electrons. The molecule has 6 rings (SSSR count). The van der Waals surface area contributed by atoms with Crippen molar-refractivity contribution in [2.24, 2.45) is 5.92 Å². The molecule has 1 aliphatic carbocycles. The van der Waals surface area contributed by atoms with Gasteiger partial charge in [0.25, 0.3) is 0 Å². The number of amides is 2. The summed E-state index contributed by atoms with van der Waals surface area (Å²) in [5.41, 5.74) is 8.66. The Morgan fingerprint density at radius 3 is 2.10 bits per heavy atom. The molecule has 18 nitrogen and oxygen atoms in total. The van der Waals surface area contributed by atoms with Gasteiger partial charge in [0.15, 0.2) is 0 Å². The Morgan fingerprint density at radius 1 is 0.873 bits per heavy atom. The third kappa shape index (κ3) is 15.0. The number of fused-ring (bicyclic) bond motifs is 1. The normalized spacial score (nSPS) is 16.9. The van der Waals surface area contributed by atoms with Crippen LogP contribution < -0.4 is 20.7 Å². The lowest BCUT2D eigenvalue weighted by molar-refractivity contribution is -0.000522. The molecule has 4 N–H and O–H groups in total. The summed E-state index contributed by atoms with van der Waals surface area (Å²) in [6, 6.07) is 14.9. The number of nitrogens with two attached hydrogens (primary N) is 1. The maximum atomic E-state index is 12.8. The van der Waals surface area contributed by atoms with Gasteiger partial charge in [-0.3, -0.25) is 9.80 Å². The van der Waals surface area contributed by atoms with Crippen LogP contribution in [-0.2, 0) is 45.1 Å². The summed E-state index contributed by atoms with van der Waals surface area (Å²) >= 11 is 0. The number of cyclic esters (lactones) is 1. The van der Waals surface area contributed by atoms with Gasteiger partial charge in [-0.2, -0.15) is 4.98 Å². The molecular formula is C44H64N8O10S. The van der Waals surface area contributed by atoms with Gasteiger partial charge in [0.2, 0.25) is 16.0 Å². The van der Waals surface area contributed by atoms with Gasteiger partial charge in [0.1, 0.15) is 18.0 Å². The van der Waals surface area contributed by atoms with Crippen LogP contribution in [0.3, 0.4) is 0 Å². The van der Waals surface area contributed by atoms with Crippen molar-refractivity contribution in [1.29, 1.82) is 0 Å². The Morgan fingerprint density at radius 2 is 1.48 bits per heavy atom. The van der Waals surface area contributed by atoms with Crippen LogP contribution in [-0.4, -0.2) is 138 Å². The lowest BCUT2D eigenvalue weighted by Gasteiger charge is -2.40. The molecule has 1 saturated carbocycles. The zero-order chi connectivity index (χ0) is 44.8. The van der Waals surface area contributed by atoms with E-state index in [2.05, 4.69) is 51.1 Å². The smallest absolute Gasteiger partial charge is 0.415 e. The van der Waals surface area contributed by atoms with E-state index in [4.69, 9.17) is 39.1 Å². The number of hydrogen-bond donors (Lipinski definition) is 3. The van der Waals surface area contributed by atoms with Gasteiger partial charge in [0.05, 0.1) is 75.9 Å². The highest BCUT2D eigenvalue weighted by Gasteiger charge is 2.34. The third-order valence-corrected chi connectivity index (χ3v) is 12.3. The molecule has 1 saturated heterocycles. The quantitative estimate of drug-likeness (QED) is 0.0787. The van der Waals surface area contributed by atoms with E-state index >= 15 is 0 Å². The minimum Gasteiger partial charge on any atom is -0.444 e. The fourth-order valence-corrected chi connectivity index (χ4v) is 8.20. The number of sulfonamides is 1. The van der Waals surface area contributed by atoms with E-state index in [1.54, 1.807) is 6.20 Å². The van der Waals surface area contributed by atoms with Gasteiger partial charge in [0, 0.05) is 50.6 Å². The largest absolute Gasteiger partial charge is 0.444 e. The predicted molar refractivity (Wildman–Crippen MR) is 237 cm³/mol. The van der Waals surface area contributed by atoms with E-state index in [0.717, 1.165) is 31.0 Å². The van der Waals surface area contributed by atoms with Gasteiger partial charge in [-0.1, -0.05) is 37.1 Å². The lowest BCUT2D eigenvalue weighted by atomic mass is 9.96. The second kappa shape index (κ2) is 22.8. The Labute approximate surface area is 371 Å². The van der Waals surface area contributed by atoms with Crippen LogP contribution in [0.4, 0.5) is 27.0 Å². The van der Waals surface area contributed by atoms with Crippen LogP contribution in [0.2, 0.25) is 0 Å². The fraction of sp³-hybridized carbons (Fsp3) is 0.591. The van der Waals surface area contributed by atoms with E-state index in [-0.39, 0.29) is 49.9 Å². The molecule has 19 heteroatoms. The van der Waals surface area contributed by atoms with Crippen molar-refractivity contribution >= 4 is 39.7 Å². The number of aromatic nitrogens is 2. The average Bonchev–Trinajstić information content (AvgIpc) is 4.09. The lowest BCUT2D eigenvalue weighted by Crippen LogP contribution is -2.50. The van der Waals surface area contributed by atoms with E-state index < -0.39 is 21.7 Å². The van der Waals surface area contributed by atoms with Crippen LogP contribution in [0.1, 0.15) is 75.7 Å². The molecule has 2 aliphatic heterocycles. The van der Waals surface area contributed by atoms with Crippen LogP contribution in [0, 0.1) is 5.92 Å². The SMILES string of the molecule is C[C@H](Nc1ncc2c(n1)N(CCOCCOCCOCCOCCNS(=O)(=O)c1ccc(N)cc1)C(=O)OC2)c1ccc([C@H](CC2CC2)N2CCN(C(=O)OC(C)(C)C)CC2)cc1. The van der Waals surface area contributed by atoms with Crippen LogP contribution in [0.5, 0.6) is 0 Å². The molecule has 63 heavy (non-hydrogen) atoms. The molecule has 0 unspecified atom stereocenters. The number of nitrogens with one attached hydrogen (secondary N) is 2. The first-order valence-corrected chi connectivity index (χ1v) is 23.3. The summed E-state index contributed by atoms with van der Waals surface area (Å²) in [7, 11) is -3.62. The van der Waals surface area contributed by atoms with E-state index in [0.29, 0.717) is 81.8 Å². The Bertz CT molecular complexity index is 2030. The summed E-state index contributed by atoms with van der Waals surface area (Å²) in [6.45, 7) is 13.6. The number of anilines is 3. The molecule has 3 aliphatic rings. The van der Waals surface area contributed by atoms with Crippen molar-refractivity contribution in [3.05, 3.63) is 71.4 Å². The highest BCUT2D eigenvalue weighted by atomic mass is 32.2. The van der Waals surface area contributed by atoms with Gasteiger partial charge >= 0.3 is 12.2 Å². The molecular weight excluding hydrogens is 833 g/mol. The Kier molecular flexibility index (Phi) is 17.3. The van der Waals surface area contributed by atoms with E-state index in [1.807, 2.05) is 25.7 Å². The van der Waals surface area contributed by atoms with Gasteiger partial charge in [-0.25, -0.2) is 27.7 Å². The molecule has 1 aromatic heterocycles. The summed E-state index contributed by atoms with van der Waals surface area (Å²) in [6.07, 6.45) is 4.60. The minimum atomic E-state index is -3.62. The van der Waals surface area contributed by atoms with E-state index in [9.17, 15) is 18.0 Å². The van der Waals surface area contributed by atoms with Crippen molar-refractivity contribution in [1.82, 2.24) is 24.5 Å². The molecule has 2 atom stereocenters. The molecule has 3 heterocycles. The van der Waals surface area contributed by atoms with Crippen LogP contribution >= 0.6 is 0 Å². The number of carbonyl (C=O) groups is 2. The van der Waals surface area contributed by atoms with Crippen molar-refractivity contribution in [3.8, 4) is 0 Å². The number of piperazine rings is 1.